The maximum absolute atomic E-state index is 12.2. The quantitative estimate of drug-likeness (QED) is 0.894. The first-order valence-corrected chi connectivity index (χ1v) is 7.18. The van der Waals surface area contributed by atoms with Gasteiger partial charge in [0.05, 0.1) is 11.5 Å². The lowest BCUT2D eigenvalue weighted by atomic mass is 10.2. The predicted molar refractivity (Wildman–Crippen MR) is 67.5 cm³/mol. The second kappa shape index (κ2) is 5.82. The zero-order valence-corrected chi connectivity index (χ0v) is 11.4. The Morgan fingerprint density at radius 3 is 2.29 bits per heavy atom. The molecule has 6 heteroatoms. The molecule has 96 valence electrons. The Kier molecular flexibility index (Phi) is 4.94. The fraction of sp³-hybridized carbons (Fsp3) is 0.455. The third-order valence-corrected chi connectivity index (χ3v) is 4.94. The van der Waals surface area contributed by atoms with Gasteiger partial charge in [0.1, 0.15) is 0 Å². The zero-order valence-electron chi connectivity index (χ0n) is 9.85. The predicted octanol–water partition coefficient (Wildman–Crippen LogP) is 1.86. The van der Waals surface area contributed by atoms with Gasteiger partial charge in [-0.25, -0.2) is 8.42 Å². The van der Waals surface area contributed by atoms with Crippen molar-refractivity contribution in [2.45, 2.75) is 25.3 Å². The van der Waals surface area contributed by atoms with E-state index in [4.69, 9.17) is 16.7 Å². The summed E-state index contributed by atoms with van der Waals surface area (Å²) < 4.78 is 25.7. The minimum absolute atomic E-state index is 0.156. The van der Waals surface area contributed by atoms with Gasteiger partial charge in [-0.3, -0.25) is 0 Å². The summed E-state index contributed by atoms with van der Waals surface area (Å²) in [4.78, 5) is 0.156. The second-order valence-corrected chi connectivity index (χ2v) is 5.85. The molecule has 0 radical (unpaired) electrons. The normalized spacial score (nSPS) is 12.1. The molecule has 1 aromatic rings. The van der Waals surface area contributed by atoms with Crippen LogP contribution in [0.5, 0.6) is 0 Å². The first-order valence-electron chi connectivity index (χ1n) is 5.36. The molecule has 4 nitrogen and oxygen atoms in total. The highest BCUT2D eigenvalue weighted by Gasteiger charge is 2.22. The second-order valence-electron chi connectivity index (χ2n) is 3.50. The van der Waals surface area contributed by atoms with E-state index in [0.29, 0.717) is 18.7 Å². The number of hydrogen-bond acceptors (Lipinski definition) is 3. The Morgan fingerprint density at radius 2 is 1.88 bits per heavy atom. The molecule has 0 aliphatic heterocycles. The molecule has 0 atom stereocenters. The van der Waals surface area contributed by atoms with Crippen LogP contribution in [0.4, 0.5) is 0 Å². The number of benzene rings is 1. The molecule has 0 saturated heterocycles. The summed E-state index contributed by atoms with van der Waals surface area (Å²) in [5.74, 6) is 0. The molecule has 0 heterocycles. The topological polar surface area (TPSA) is 57.6 Å². The van der Waals surface area contributed by atoms with Crippen molar-refractivity contribution in [1.82, 2.24) is 4.31 Å². The van der Waals surface area contributed by atoms with Crippen LogP contribution in [-0.2, 0) is 16.6 Å². The molecule has 1 aromatic carbocycles. The number of nitrogens with zero attached hydrogens (tertiary/aromatic N) is 1. The molecule has 1 rings (SSSR count). The van der Waals surface area contributed by atoms with Crippen LogP contribution in [-0.4, -0.2) is 30.9 Å². The number of aliphatic hydroxyl groups is 1. The standard InChI is InChI=1S/C11H16ClNO3S/c1-3-13(4-2)17(15,16)10-6-5-9(8-14)11(12)7-10/h5-7,14H,3-4,8H2,1-2H3. The van der Waals surface area contributed by atoms with E-state index in [1.165, 1.54) is 22.5 Å². The van der Waals surface area contributed by atoms with Gasteiger partial charge in [0.15, 0.2) is 0 Å². The summed E-state index contributed by atoms with van der Waals surface area (Å²) in [7, 11) is -3.48. The molecule has 0 aliphatic rings. The molecular weight excluding hydrogens is 262 g/mol. The smallest absolute Gasteiger partial charge is 0.243 e. The van der Waals surface area contributed by atoms with Gasteiger partial charge in [-0.15, -0.1) is 0 Å². The van der Waals surface area contributed by atoms with Crippen molar-refractivity contribution in [3.05, 3.63) is 28.8 Å². The average molecular weight is 278 g/mol. The van der Waals surface area contributed by atoms with Gasteiger partial charge in [0.2, 0.25) is 10.0 Å². The lowest BCUT2D eigenvalue weighted by Crippen LogP contribution is -2.30. The van der Waals surface area contributed by atoms with Crippen LogP contribution >= 0.6 is 11.6 Å². The van der Waals surface area contributed by atoms with E-state index >= 15 is 0 Å². The Hall–Kier alpha value is -0.620. The van der Waals surface area contributed by atoms with Crippen molar-refractivity contribution in [2.75, 3.05) is 13.1 Å². The number of hydrogen-bond donors (Lipinski definition) is 1. The van der Waals surface area contributed by atoms with E-state index in [2.05, 4.69) is 0 Å². The third-order valence-electron chi connectivity index (χ3n) is 2.54. The molecule has 0 fully saturated rings. The lowest BCUT2D eigenvalue weighted by Gasteiger charge is -2.18. The number of sulfonamides is 1. The fourth-order valence-electron chi connectivity index (χ4n) is 1.53. The Labute approximate surface area is 107 Å². The lowest BCUT2D eigenvalue weighted by molar-refractivity contribution is 0.282. The van der Waals surface area contributed by atoms with Crippen LogP contribution in [0, 0.1) is 0 Å². The summed E-state index contributed by atoms with van der Waals surface area (Å²) in [6.45, 7) is 4.19. The summed E-state index contributed by atoms with van der Waals surface area (Å²) in [5, 5.41) is 9.23. The average Bonchev–Trinajstić information content (AvgIpc) is 2.30. The zero-order chi connectivity index (χ0) is 13.1. The maximum atomic E-state index is 12.2. The van der Waals surface area contributed by atoms with E-state index in [0.717, 1.165) is 0 Å². The van der Waals surface area contributed by atoms with Gasteiger partial charge >= 0.3 is 0 Å². The van der Waals surface area contributed by atoms with Crippen molar-refractivity contribution in [3.8, 4) is 0 Å². The van der Waals surface area contributed by atoms with E-state index in [1.807, 2.05) is 0 Å². The Balaban J connectivity index is 3.20. The Morgan fingerprint density at radius 1 is 1.29 bits per heavy atom. The van der Waals surface area contributed by atoms with Crippen molar-refractivity contribution in [3.63, 3.8) is 0 Å². The monoisotopic (exact) mass is 277 g/mol. The SMILES string of the molecule is CCN(CC)S(=O)(=O)c1ccc(CO)c(Cl)c1. The van der Waals surface area contributed by atoms with E-state index in [-0.39, 0.29) is 16.5 Å². The van der Waals surface area contributed by atoms with E-state index in [1.54, 1.807) is 13.8 Å². The highest BCUT2D eigenvalue weighted by Crippen LogP contribution is 2.23. The van der Waals surface area contributed by atoms with Gasteiger partial charge in [-0.1, -0.05) is 31.5 Å². The number of halogens is 1. The van der Waals surface area contributed by atoms with Crippen LogP contribution < -0.4 is 0 Å². The van der Waals surface area contributed by atoms with Gasteiger partial charge < -0.3 is 5.11 Å². The first-order chi connectivity index (χ1) is 7.97. The molecule has 1 N–H and O–H groups in total. The van der Waals surface area contributed by atoms with Crippen molar-refractivity contribution >= 4 is 21.6 Å². The molecule has 0 aliphatic carbocycles. The van der Waals surface area contributed by atoms with E-state index in [9.17, 15) is 8.42 Å². The largest absolute Gasteiger partial charge is 0.392 e. The third kappa shape index (κ3) is 2.98. The summed E-state index contributed by atoms with van der Waals surface area (Å²) >= 11 is 5.88. The van der Waals surface area contributed by atoms with Gasteiger partial charge in [0, 0.05) is 18.1 Å². The highest BCUT2D eigenvalue weighted by atomic mass is 35.5. The van der Waals surface area contributed by atoms with Crippen LogP contribution in [0.3, 0.4) is 0 Å². The molecule has 0 spiro atoms. The molecule has 0 unspecified atom stereocenters. The molecule has 17 heavy (non-hydrogen) atoms. The van der Waals surface area contributed by atoms with Crippen molar-refractivity contribution in [2.24, 2.45) is 0 Å². The van der Waals surface area contributed by atoms with Gasteiger partial charge in [-0.05, 0) is 17.7 Å². The molecule has 0 saturated carbocycles. The van der Waals surface area contributed by atoms with Gasteiger partial charge in [0.25, 0.3) is 0 Å². The minimum atomic E-state index is -3.48. The summed E-state index contributed by atoms with van der Waals surface area (Å²) in [5.41, 5.74) is 0.519. The molecule has 0 amide bonds. The van der Waals surface area contributed by atoms with Crippen LogP contribution in [0.25, 0.3) is 0 Å². The number of rotatable bonds is 5. The molecule has 0 bridgehead atoms. The Bertz CT molecular complexity index is 483. The van der Waals surface area contributed by atoms with E-state index < -0.39 is 10.0 Å². The fourth-order valence-corrected chi connectivity index (χ4v) is 3.32. The minimum Gasteiger partial charge on any atom is -0.392 e. The summed E-state index contributed by atoms with van der Waals surface area (Å²) in [6, 6.07) is 4.37. The molecular formula is C11H16ClNO3S. The van der Waals surface area contributed by atoms with Crippen molar-refractivity contribution in [1.29, 1.82) is 0 Å². The summed E-state index contributed by atoms with van der Waals surface area (Å²) in [6.07, 6.45) is 0. The highest BCUT2D eigenvalue weighted by molar-refractivity contribution is 7.89. The van der Waals surface area contributed by atoms with Crippen LogP contribution in [0.15, 0.2) is 23.1 Å². The first kappa shape index (κ1) is 14.4. The van der Waals surface area contributed by atoms with Crippen molar-refractivity contribution < 1.29 is 13.5 Å². The molecule has 0 aromatic heterocycles. The number of aliphatic hydroxyl groups excluding tert-OH is 1. The van der Waals surface area contributed by atoms with Crippen LogP contribution in [0.2, 0.25) is 5.02 Å². The van der Waals surface area contributed by atoms with Gasteiger partial charge in [-0.2, -0.15) is 4.31 Å². The van der Waals surface area contributed by atoms with Crippen LogP contribution in [0.1, 0.15) is 19.4 Å². The maximum Gasteiger partial charge on any atom is 0.243 e.